The highest BCUT2D eigenvalue weighted by Gasteiger charge is 1.91. The topological polar surface area (TPSA) is 40.5 Å². The molecule has 2 nitrogen and oxygen atoms in total. The highest BCUT2D eigenvalue weighted by atomic mass is 16.3. The van der Waals surface area contributed by atoms with Gasteiger partial charge in [-0.1, -0.05) is 24.3 Å². The highest BCUT2D eigenvalue weighted by molar-refractivity contribution is 5.34. The highest BCUT2D eigenvalue weighted by Crippen LogP contribution is 2.15. The van der Waals surface area contributed by atoms with E-state index in [0.29, 0.717) is 11.5 Å². The second-order valence-electron chi connectivity index (χ2n) is 4.13. The molecule has 0 bridgehead atoms. The third-order valence-corrected chi connectivity index (χ3v) is 2.37. The molecule has 2 rings (SSSR count). The van der Waals surface area contributed by atoms with E-state index in [-0.39, 0.29) is 0 Å². The van der Waals surface area contributed by atoms with Crippen molar-refractivity contribution in [3.8, 4) is 11.5 Å². The third kappa shape index (κ3) is 4.60. The largest absolute Gasteiger partial charge is 0.508 e. The van der Waals surface area contributed by atoms with Crippen LogP contribution >= 0.6 is 0 Å². The molecule has 0 saturated carbocycles. The zero-order chi connectivity index (χ0) is 12.8. The zero-order valence-electron chi connectivity index (χ0n) is 10.4. The smallest absolute Gasteiger partial charge is 0.118 e. The maximum Gasteiger partial charge on any atom is 0.118 e. The average molecular weight is 230 g/mol. The van der Waals surface area contributed by atoms with Crippen LogP contribution in [-0.2, 0) is 0 Å². The van der Waals surface area contributed by atoms with Gasteiger partial charge in [-0.05, 0) is 55.7 Å². The van der Waals surface area contributed by atoms with E-state index >= 15 is 0 Å². The summed E-state index contributed by atoms with van der Waals surface area (Å²) in [5.41, 5.74) is 3.11. The molecule has 2 heteroatoms. The molecule has 2 aromatic rings. The van der Waals surface area contributed by atoms with E-state index < -0.39 is 0 Å². The molecule has 0 radical (unpaired) electrons. The predicted molar refractivity (Wildman–Crippen MR) is 70.4 cm³/mol. The van der Waals surface area contributed by atoms with Crippen LogP contribution in [-0.4, -0.2) is 10.2 Å². The number of phenols is 2. The lowest BCUT2D eigenvalue weighted by molar-refractivity contribution is 0.470. The lowest BCUT2D eigenvalue weighted by Gasteiger charge is -1.97. The van der Waals surface area contributed by atoms with Crippen molar-refractivity contribution in [1.29, 1.82) is 0 Å². The van der Waals surface area contributed by atoms with Gasteiger partial charge in [0, 0.05) is 0 Å². The molecule has 0 aliphatic heterocycles. The van der Waals surface area contributed by atoms with Crippen molar-refractivity contribution >= 4 is 0 Å². The molecule has 0 fully saturated rings. The second kappa shape index (κ2) is 5.94. The quantitative estimate of drug-likeness (QED) is 0.724. The van der Waals surface area contributed by atoms with E-state index in [0.717, 1.165) is 16.7 Å². The van der Waals surface area contributed by atoms with E-state index in [4.69, 9.17) is 10.2 Å². The Kier molecular flexibility index (Phi) is 4.58. The number of benzene rings is 2. The fourth-order valence-corrected chi connectivity index (χ4v) is 1.35. The van der Waals surface area contributed by atoms with Crippen molar-refractivity contribution in [2.75, 3.05) is 0 Å². The summed E-state index contributed by atoms with van der Waals surface area (Å²) in [6.07, 6.45) is 0. The van der Waals surface area contributed by atoms with Crippen molar-refractivity contribution in [2.45, 2.75) is 20.8 Å². The molecule has 17 heavy (non-hydrogen) atoms. The summed E-state index contributed by atoms with van der Waals surface area (Å²) in [4.78, 5) is 0. The van der Waals surface area contributed by atoms with Crippen LogP contribution in [0, 0.1) is 20.8 Å². The molecule has 0 heterocycles. The maximum atomic E-state index is 9.10. The van der Waals surface area contributed by atoms with Crippen LogP contribution in [0.2, 0.25) is 0 Å². The van der Waals surface area contributed by atoms with Crippen molar-refractivity contribution < 1.29 is 10.2 Å². The minimum Gasteiger partial charge on any atom is -0.508 e. The first kappa shape index (κ1) is 13.1. The van der Waals surface area contributed by atoms with Gasteiger partial charge < -0.3 is 10.2 Å². The Labute approximate surface area is 102 Å². The van der Waals surface area contributed by atoms with E-state index in [1.807, 2.05) is 45.0 Å². The normalized spacial score (nSPS) is 9.35. The summed E-state index contributed by atoms with van der Waals surface area (Å²) >= 11 is 0. The molecule has 0 aromatic heterocycles. The molecule has 0 saturated heterocycles. The lowest BCUT2D eigenvalue weighted by atomic mass is 10.1. The molecule has 90 valence electrons. The molecule has 0 amide bonds. The van der Waals surface area contributed by atoms with Crippen molar-refractivity contribution in [2.24, 2.45) is 0 Å². The molecular weight excluding hydrogens is 212 g/mol. The Bertz CT molecular complexity index is 473. The Morgan fingerprint density at radius 1 is 0.765 bits per heavy atom. The number of hydrogen-bond acceptors (Lipinski definition) is 2. The van der Waals surface area contributed by atoms with E-state index in [1.165, 1.54) is 0 Å². The zero-order valence-corrected chi connectivity index (χ0v) is 10.4. The van der Waals surface area contributed by atoms with Crippen LogP contribution in [0.5, 0.6) is 11.5 Å². The van der Waals surface area contributed by atoms with Crippen LogP contribution in [0.4, 0.5) is 0 Å². The minimum atomic E-state index is 0.338. The van der Waals surface area contributed by atoms with Crippen LogP contribution in [0.15, 0.2) is 42.5 Å². The number of aromatic hydroxyl groups is 2. The van der Waals surface area contributed by atoms with Crippen LogP contribution < -0.4 is 0 Å². The fourth-order valence-electron chi connectivity index (χ4n) is 1.35. The van der Waals surface area contributed by atoms with Crippen LogP contribution in [0.1, 0.15) is 16.7 Å². The van der Waals surface area contributed by atoms with Gasteiger partial charge in [0.15, 0.2) is 0 Å². The Balaban J connectivity index is 0.000000171. The molecule has 0 unspecified atom stereocenters. The van der Waals surface area contributed by atoms with Gasteiger partial charge in [0.25, 0.3) is 0 Å². The maximum absolute atomic E-state index is 9.10. The first-order valence-corrected chi connectivity index (χ1v) is 5.51. The van der Waals surface area contributed by atoms with Crippen molar-refractivity contribution in [3.05, 3.63) is 59.2 Å². The summed E-state index contributed by atoms with van der Waals surface area (Å²) in [6, 6.07) is 12.8. The van der Waals surface area contributed by atoms with Crippen LogP contribution in [0.25, 0.3) is 0 Å². The number of aryl methyl sites for hydroxylation is 3. The summed E-state index contributed by atoms with van der Waals surface area (Å²) in [5.74, 6) is 0.722. The van der Waals surface area contributed by atoms with Crippen LogP contribution in [0.3, 0.4) is 0 Å². The Hall–Kier alpha value is -1.96. The summed E-state index contributed by atoms with van der Waals surface area (Å²) < 4.78 is 0. The molecule has 0 aliphatic rings. The standard InChI is InChI=1S/C8H10O.C7H8O/c1-6-3-4-7(2)8(9)5-6;1-6-3-2-4-7(8)5-6/h3-5,9H,1-2H3;2-5,8H,1H3. The van der Waals surface area contributed by atoms with E-state index in [1.54, 1.807) is 18.2 Å². The molecule has 0 aliphatic carbocycles. The van der Waals surface area contributed by atoms with Gasteiger partial charge >= 0.3 is 0 Å². The molecule has 0 atom stereocenters. The number of hydrogen-bond donors (Lipinski definition) is 2. The number of phenolic OH excluding ortho intramolecular Hbond substituents is 2. The van der Waals surface area contributed by atoms with Gasteiger partial charge in [-0.2, -0.15) is 0 Å². The summed E-state index contributed by atoms with van der Waals surface area (Å²) in [5, 5.41) is 17.9. The third-order valence-electron chi connectivity index (χ3n) is 2.37. The molecular formula is C15H18O2. The monoisotopic (exact) mass is 230 g/mol. The Morgan fingerprint density at radius 2 is 1.41 bits per heavy atom. The van der Waals surface area contributed by atoms with Gasteiger partial charge in [0.1, 0.15) is 11.5 Å². The van der Waals surface area contributed by atoms with Gasteiger partial charge in [0.05, 0.1) is 0 Å². The van der Waals surface area contributed by atoms with Crippen molar-refractivity contribution in [1.82, 2.24) is 0 Å². The van der Waals surface area contributed by atoms with Crippen molar-refractivity contribution in [3.63, 3.8) is 0 Å². The molecule has 0 spiro atoms. The summed E-state index contributed by atoms with van der Waals surface area (Å²) in [7, 11) is 0. The van der Waals surface area contributed by atoms with Gasteiger partial charge in [-0.25, -0.2) is 0 Å². The number of rotatable bonds is 0. The summed E-state index contributed by atoms with van der Waals surface area (Å²) in [6.45, 7) is 5.79. The predicted octanol–water partition coefficient (Wildman–Crippen LogP) is 3.71. The SMILES string of the molecule is Cc1ccc(C)c(O)c1.Cc1cccc(O)c1. The average Bonchev–Trinajstić information content (AvgIpc) is 2.24. The van der Waals surface area contributed by atoms with Gasteiger partial charge in [-0.15, -0.1) is 0 Å². The lowest BCUT2D eigenvalue weighted by Crippen LogP contribution is -1.74. The van der Waals surface area contributed by atoms with Gasteiger partial charge in [0.2, 0.25) is 0 Å². The van der Waals surface area contributed by atoms with E-state index in [9.17, 15) is 0 Å². The molecule has 2 aromatic carbocycles. The second-order valence-corrected chi connectivity index (χ2v) is 4.13. The molecule has 2 N–H and O–H groups in total. The Morgan fingerprint density at radius 3 is 1.82 bits per heavy atom. The minimum absolute atomic E-state index is 0.338. The first-order chi connectivity index (χ1) is 7.99. The fraction of sp³-hybridized carbons (Fsp3) is 0.200. The van der Waals surface area contributed by atoms with E-state index in [2.05, 4.69) is 0 Å². The van der Waals surface area contributed by atoms with Gasteiger partial charge in [-0.3, -0.25) is 0 Å². The first-order valence-electron chi connectivity index (χ1n) is 5.51.